The lowest BCUT2D eigenvalue weighted by Gasteiger charge is -2.32. The minimum Gasteiger partial charge on any atom is -0.498 e. The van der Waals surface area contributed by atoms with Crippen molar-refractivity contribution in [1.82, 2.24) is 5.32 Å². The summed E-state index contributed by atoms with van der Waals surface area (Å²) in [7, 11) is 1.46. The number of carboxylic acids is 1. The summed E-state index contributed by atoms with van der Waals surface area (Å²) >= 11 is 12.5. The molecule has 122 valence electrons. The topological polar surface area (TPSA) is 75.6 Å². The van der Waals surface area contributed by atoms with Crippen LogP contribution in [0.2, 0.25) is 0 Å². The average Bonchev–Trinajstić information content (AvgIpc) is 2.49. The first-order valence-corrected chi connectivity index (χ1v) is 7.57. The molecule has 0 fully saturated rings. The van der Waals surface area contributed by atoms with Gasteiger partial charge in [-0.1, -0.05) is 17.7 Å². The molecule has 0 aromatic heterocycles. The van der Waals surface area contributed by atoms with Gasteiger partial charge >= 0.3 is 5.97 Å². The van der Waals surface area contributed by atoms with Crippen molar-refractivity contribution >= 4 is 35.1 Å². The minimum absolute atomic E-state index is 0.118. The number of hydrogen-bond donors (Lipinski definition) is 2. The number of ether oxygens (including phenoxy) is 1. The number of halogens is 2. The van der Waals surface area contributed by atoms with Gasteiger partial charge in [0.2, 0.25) is 0 Å². The molecule has 0 saturated heterocycles. The second kappa shape index (κ2) is 6.67. The quantitative estimate of drug-likeness (QED) is 0.601. The van der Waals surface area contributed by atoms with Gasteiger partial charge in [-0.15, -0.1) is 11.6 Å². The number of alkyl halides is 1. The van der Waals surface area contributed by atoms with Crippen LogP contribution in [0.3, 0.4) is 0 Å². The number of methoxy groups -OCH3 is 1. The minimum atomic E-state index is -1.09. The zero-order chi connectivity index (χ0) is 17.3. The molecule has 2 rings (SSSR count). The van der Waals surface area contributed by atoms with Gasteiger partial charge in [-0.2, -0.15) is 0 Å². The van der Waals surface area contributed by atoms with E-state index in [9.17, 15) is 14.7 Å². The van der Waals surface area contributed by atoms with Crippen LogP contribution in [0.4, 0.5) is 0 Å². The highest BCUT2D eigenvalue weighted by Gasteiger charge is 2.38. The van der Waals surface area contributed by atoms with Gasteiger partial charge in [-0.05, 0) is 25.5 Å². The van der Waals surface area contributed by atoms with Crippen molar-refractivity contribution in [3.05, 3.63) is 51.1 Å². The zero-order valence-electron chi connectivity index (χ0n) is 12.7. The van der Waals surface area contributed by atoms with E-state index in [0.29, 0.717) is 22.7 Å². The van der Waals surface area contributed by atoms with Crippen LogP contribution in [-0.2, 0) is 14.3 Å². The van der Waals surface area contributed by atoms with Crippen molar-refractivity contribution in [1.29, 1.82) is 0 Å². The predicted octanol–water partition coefficient (Wildman–Crippen LogP) is 2.87. The van der Waals surface area contributed by atoms with E-state index in [1.54, 1.807) is 25.9 Å². The standard InChI is InChI=1S/C16H15Cl2NO4/c1-7-11(16(21)22)12(15(23-3)8(2)19-7)10-5-4-9(6-20)13(17)14(10)18/h4-5,12-13,19H,1-3H3,(H,21,22). The molecule has 2 N–H and O–H groups in total. The molecule has 0 bridgehead atoms. The number of carbonyl (C=O) groups excluding carboxylic acids is 1. The molecule has 23 heavy (non-hydrogen) atoms. The van der Waals surface area contributed by atoms with Gasteiger partial charge in [0.1, 0.15) is 17.1 Å². The van der Waals surface area contributed by atoms with Gasteiger partial charge in [0.15, 0.2) is 0 Å². The third kappa shape index (κ3) is 2.95. The lowest BCUT2D eigenvalue weighted by Crippen LogP contribution is -2.31. The Morgan fingerprint density at radius 1 is 1.35 bits per heavy atom. The number of rotatable bonds is 3. The largest absolute Gasteiger partial charge is 0.498 e. The zero-order valence-corrected chi connectivity index (χ0v) is 14.2. The van der Waals surface area contributed by atoms with Crippen LogP contribution in [0.15, 0.2) is 51.1 Å². The summed E-state index contributed by atoms with van der Waals surface area (Å²) in [4.78, 5) is 22.6. The molecular formula is C16H15Cl2NO4. The third-order valence-corrected chi connectivity index (χ3v) is 4.79. The Hall–Kier alpha value is -1.94. The van der Waals surface area contributed by atoms with E-state index in [4.69, 9.17) is 27.9 Å². The predicted molar refractivity (Wildman–Crippen MR) is 87.5 cm³/mol. The lowest BCUT2D eigenvalue weighted by atomic mass is 9.82. The number of carboxylic acid groups (broad SMARTS) is 1. The second-order valence-electron chi connectivity index (χ2n) is 5.15. The number of allylic oxidation sites excluding steroid dienone is 7. The highest BCUT2D eigenvalue weighted by atomic mass is 35.5. The highest BCUT2D eigenvalue weighted by molar-refractivity contribution is 6.39. The van der Waals surface area contributed by atoms with Gasteiger partial charge in [-0.25, -0.2) is 9.59 Å². The van der Waals surface area contributed by atoms with E-state index < -0.39 is 17.3 Å². The van der Waals surface area contributed by atoms with E-state index in [1.807, 2.05) is 0 Å². The SMILES string of the molecule is COC1=C(C)NC(C)=C(C(=O)O)C1C1=C(Cl)C(Cl)C(=C=O)C=C1. The maximum atomic E-state index is 11.7. The summed E-state index contributed by atoms with van der Waals surface area (Å²) in [5.41, 5.74) is 1.99. The van der Waals surface area contributed by atoms with Gasteiger partial charge in [0.25, 0.3) is 0 Å². The van der Waals surface area contributed by atoms with Gasteiger partial charge < -0.3 is 15.2 Å². The van der Waals surface area contributed by atoms with Crippen LogP contribution in [0.5, 0.6) is 0 Å². The van der Waals surface area contributed by atoms with Crippen molar-refractivity contribution < 1.29 is 19.4 Å². The van der Waals surface area contributed by atoms with Crippen LogP contribution in [0, 0.1) is 5.92 Å². The molecule has 2 aliphatic rings. The Morgan fingerprint density at radius 3 is 2.52 bits per heavy atom. The number of carbonyl (C=O) groups is 1. The fourth-order valence-electron chi connectivity index (χ4n) is 2.77. The van der Waals surface area contributed by atoms with Gasteiger partial charge in [0, 0.05) is 10.7 Å². The van der Waals surface area contributed by atoms with Crippen molar-refractivity contribution in [2.45, 2.75) is 19.2 Å². The molecule has 0 saturated carbocycles. The van der Waals surface area contributed by atoms with Crippen LogP contribution in [0.25, 0.3) is 0 Å². The number of hydrogen-bond acceptors (Lipinski definition) is 4. The molecule has 0 aromatic rings. The summed E-state index contributed by atoms with van der Waals surface area (Å²) in [6, 6.07) is 0. The van der Waals surface area contributed by atoms with Crippen LogP contribution in [-0.4, -0.2) is 29.5 Å². The van der Waals surface area contributed by atoms with Crippen LogP contribution in [0.1, 0.15) is 13.8 Å². The fraction of sp³-hybridized carbons (Fsp3) is 0.312. The second-order valence-corrected chi connectivity index (χ2v) is 6.00. The Bertz CT molecular complexity index is 739. The average molecular weight is 356 g/mol. The summed E-state index contributed by atoms with van der Waals surface area (Å²) in [5.74, 6) is 0.369. The molecule has 7 heteroatoms. The third-order valence-electron chi connectivity index (χ3n) is 3.79. The molecule has 0 amide bonds. The number of dihydropyridines is 1. The van der Waals surface area contributed by atoms with Crippen molar-refractivity contribution in [3.63, 3.8) is 0 Å². The Morgan fingerprint density at radius 2 is 2.00 bits per heavy atom. The maximum Gasteiger partial charge on any atom is 0.334 e. The molecule has 0 radical (unpaired) electrons. The monoisotopic (exact) mass is 355 g/mol. The fourth-order valence-corrected chi connectivity index (χ4v) is 3.31. The Labute approximate surface area is 143 Å². The van der Waals surface area contributed by atoms with E-state index in [1.165, 1.54) is 13.2 Å². The molecule has 1 aliphatic carbocycles. The summed E-state index contributed by atoms with van der Waals surface area (Å²) in [6.45, 7) is 3.45. The molecule has 5 nitrogen and oxygen atoms in total. The maximum absolute atomic E-state index is 11.7. The van der Waals surface area contributed by atoms with Gasteiger partial charge in [-0.3, -0.25) is 0 Å². The molecule has 0 aromatic carbocycles. The molecule has 1 aliphatic heterocycles. The first-order chi connectivity index (χ1) is 10.8. The van der Waals surface area contributed by atoms with Crippen molar-refractivity contribution in [2.24, 2.45) is 5.92 Å². The number of aliphatic carboxylic acids is 1. The lowest BCUT2D eigenvalue weighted by molar-refractivity contribution is -0.133. The molecule has 2 unspecified atom stereocenters. The first-order valence-electron chi connectivity index (χ1n) is 6.76. The van der Waals surface area contributed by atoms with Crippen LogP contribution >= 0.6 is 23.2 Å². The number of nitrogens with one attached hydrogen (secondary N) is 1. The van der Waals surface area contributed by atoms with E-state index in [0.717, 1.165) is 0 Å². The summed E-state index contributed by atoms with van der Waals surface area (Å²) in [6.07, 6.45) is 3.07. The molecule has 2 atom stereocenters. The van der Waals surface area contributed by atoms with E-state index >= 15 is 0 Å². The van der Waals surface area contributed by atoms with Crippen molar-refractivity contribution in [3.8, 4) is 0 Å². The van der Waals surface area contributed by atoms with Gasteiger partial charge in [0.05, 0.1) is 29.9 Å². The van der Waals surface area contributed by atoms with Crippen LogP contribution < -0.4 is 5.32 Å². The van der Waals surface area contributed by atoms with E-state index in [2.05, 4.69) is 5.32 Å². The highest BCUT2D eigenvalue weighted by Crippen LogP contribution is 2.42. The summed E-state index contributed by atoms with van der Waals surface area (Å²) in [5, 5.41) is 11.9. The Balaban J connectivity index is 2.68. The van der Waals surface area contributed by atoms with E-state index in [-0.39, 0.29) is 16.2 Å². The smallest absolute Gasteiger partial charge is 0.334 e. The normalized spacial score (nSPS) is 24.7. The summed E-state index contributed by atoms with van der Waals surface area (Å²) < 4.78 is 5.40. The molecule has 1 heterocycles. The first kappa shape index (κ1) is 17.4. The Kier molecular flexibility index (Phi) is 5.05. The molecule has 0 spiro atoms. The molecular weight excluding hydrogens is 341 g/mol. The van der Waals surface area contributed by atoms with Crippen molar-refractivity contribution in [2.75, 3.05) is 7.11 Å².